The summed E-state index contributed by atoms with van der Waals surface area (Å²) in [5.41, 5.74) is 2.98. The summed E-state index contributed by atoms with van der Waals surface area (Å²) < 4.78 is 1.71. The van der Waals surface area contributed by atoms with E-state index in [4.69, 9.17) is 33.1 Å². The van der Waals surface area contributed by atoms with E-state index in [-0.39, 0.29) is 5.69 Å². The third-order valence-electron chi connectivity index (χ3n) is 4.25. The molecule has 0 atom stereocenters. The number of hydrogen-bond acceptors (Lipinski definition) is 4. The van der Waals surface area contributed by atoms with Crippen molar-refractivity contribution in [3.05, 3.63) is 56.8 Å². The third-order valence-corrected chi connectivity index (χ3v) is 4.99. The minimum Gasteiger partial charge on any atom is -0.479 e. The Balaban J connectivity index is 1.99. The zero-order chi connectivity index (χ0) is 19.6. The van der Waals surface area contributed by atoms with Crippen molar-refractivity contribution in [1.29, 1.82) is 0 Å². The van der Waals surface area contributed by atoms with Crippen molar-refractivity contribution in [3.63, 3.8) is 0 Å². The minimum absolute atomic E-state index is 0.124. The van der Waals surface area contributed by atoms with Gasteiger partial charge in [0.15, 0.2) is 0 Å². The molecule has 2 N–H and O–H groups in total. The van der Waals surface area contributed by atoms with Gasteiger partial charge in [-0.2, -0.15) is 0 Å². The predicted molar refractivity (Wildman–Crippen MR) is 100 cm³/mol. The first-order valence-corrected chi connectivity index (χ1v) is 8.93. The summed E-state index contributed by atoms with van der Waals surface area (Å²) in [6.07, 6.45) is 2.02. The molecule has 27 heavy (non-hydrogen) atoms. The molecule has 1 aliphatic rings. The molecule has 7 nitrogen and oxygen atoms in total. The zero-order valence-electron chi connectivity index (χ0n) is 14.1. The monoisotopic (exact) mass is 410 g/mol. The molecular formula is C18H16Cl2N2O5. The van der Waals surface area contributed by atoms with Crippen LogP contribution in [0, 0.1) is 0 Å². The van der Waals surface area contributed by atoms with E-state index in [2.05, 4.69) is 5.16 Å². The lowest BCUT2D eigenvalue weighted by molar-refractivity contribution is -0.142. The van der Waals surface area contributed by atoms with Gasteiger partial charge in [0.2, 0.25) is 6.61 Å². The number of hydrogen-bond donors (Lipinski definition) is 2. The number of carbonyl (C=O) groups is 2. The van der Waals surface area contributed by atoms with Gasteiger partial charge in [-0.3, -0.25) is 0 Å². The van der Waals surface area contributed by atoms with Crippen LogP contribution >= 0.6 is 23.2 Å². The second-order valence-corrected chi connectivity index (χ2v) is 6.90. The number of aliphatic carboxylic acids is 1. The topological polar surface area (TPSA) is 101 Å². The van der Waals surface area contributed by atoms with E-state index in [0.29, 0.717) is 40.7 Å². The van der Waals surface area contributed by atoms with Gasteiger partial charge < -0.3 is 19.6 Å². The molecule has 1 aliphatic carbocycles. The molecular weight excluding hydrogens is 395 g/mol. The maximum absolute atomic E-state index is 11.7. The molecule has 1 aromatic heterocycles. The van der Waals surface area contributed by atoms with Gasteiger partial charge >= 0.3 is 11.9 Å². The van der Waals surface area contributed by atoms with Crippen LogP contribution in [-0.2, 0) is 22.6 Å². The van der Waals surface area contributed by atoms with E-state index in [1.165, 1.54) is 0 Å². The highest BCUT2D eigenvalue weighted by molar-refractivity contribution is 6.42. The molecule has 1 aromatic carbocycles. The van der Waals surface area contributed by atoms with Gasteiger partial charge in [-0.05, 0) is 43.0 Å². The molecule has 2 aromatic rings. The van der Waals surface area contributed by atoms with E-state index in [1.807, 2.05) is 0 Å². The first-order valence-electron chi connectivity index (χ1n) is 8.17. The van der Waals surface area contributed by atoms with E-state index >= 15 is 0 Å². The van der Waals surface area contributed by atoms with Crippen LogP contribution in [0.1, 0.15) is 40.2 Å². The van der Waals surface area contributed by atoms with Crippen molar-refractivity contribution >= 4 is 40.9 Å². The molecule has 0 unspecified atom stereocenters. The van der Waals surface area contributed by atoms with Crippen molar-refractivity contribution in [1.82, 2.24) is 4.57 Å². The Kier molecular flexibility index (Phi) is 5.72. The molecule has 0 saturated carbocycles. The van der Waals surface area contributed by atoms with Crippen molar-refractivity contribution in [3.8, 4) is 0 Å². The normalized spacial score (nSPS) is 14.8. The van der Waals surface area contributed by atoms with Crippen LogP contribution in [0.25, 0.3) is 0 Å². The molecule has 1 heterocycles. The Bertz CT molecular complexity index is 936. The Morgan fingerprint density at radius 1 is 1.15 bits per heavy atom. The number of nitrogens with zero attached hydrogens (tertiary/aromatic N) is 2. The summed E-state index contributed by atoms with van der Waals surface area (Å²) in [6, 6.07) is 6.72. The summed E-state index contributed by atoms with van der Waals surface area (Å²) >= 11 is 12.0. The first kappa shape index (κ1) is 19.3. The molecule has 0 radical (unpaired) electrons. The SMILES string of the molecule is O=C(O)CO/N=C1\CCCc2c1cc(C(=O)O)n2Cc1ccc(Cl)c(Cl)c1. The van der Waals surface area contributed by atoms with Crippen LogP contribution in [0.15, 0.2) is 29.4 Å². The summed E-state index contributed by atoms with van der Waals surface area (Å²) in [6.45, 7) is -0.230. The summed E-state index contributed by atoms with van der Waals surface area (Å²) in [4.78, 5) is 27.2. The van der Waals surface area contributed by atoms with Gasteiger partial charge in [0.25, 0.3) is 0 Å². The molecule has 0 aliphatic heterocycles. The maximum atomic E-state index is 11.7. The lowest BCUT2D eigenvalue weighted by atomic mass is 9.96. The van der Waals surface area contributed by atoms with Gasteiger partial charge in [0.05, 0.1) is 15.8 Å². The molecule has 0 saturated heterocycles. The Labute approximate surface area is 164 Å². The lowest BCUT2D eigenvalue weighted by Crippen LogP contribution is -2.17. The molecule has 3 rings (SSSR count). The van der Waals surface area contributed by atoms with Crippen LogP contribution in [0.5, 0.6) is 0 Å². The molecule has 0 bridgehead atoms. The summed E-state index contributed by atoms with van der Waals surface area (Å²) in [5.74, 6) is -2.19. The van der Waals surface area contributed by atoms with Crippen LogP contribution in [0.2, 0.25) is 10.0 Å². The minimum atomic E-state index is -1.13. The van der Waals surface area contributed by atoms with Gasteiger partial charge in [0.1, 0.15) is 5.69 Å². The second-order valence-electron chi connectivity index (χ2n) is 6.09. The number of rotatable bonds is 6. The van der Waals surface area contributed by atoms with E-state index in [0.717, 1.165) is 17.7 Å². The molecule has 142 valence electrons. The molecule has 0 spiro atoms. The van der Waals surface area contributed by atoms with E-state index < -0.39 is 18.5 Å². The Hall–Kier alpha value is -2.51. The average molecular weight is 411 g/mol. The highest BCUT2D eigenvalue weighted by atomic mass is 35.5. The number of fused-ring (bicyclic) bond motifs is 1. The molecule has 0 amide bonds. The van der Waals surface area contributed by atoms with Crippen LogP contribution in [0.3, 0.4) is 0 Å². The smallest absolute Gasteiger partial charge is 0.352 e. The fourth-order valence-corrected chi connectivity index (χ4v) is 3.43. The number of carboxylic acid groups (broad SMARTS) is 2. The summed E-state index contributed by atoms with van der Waals surface area (Å²) in [7, 11) is 0. The lowest BCUT2D eigenvalue weighted by Gasteiger charge is -2.18. The quantitative estimate of drug-likeness (QED) is 0.707. The number of benzene rings is 1. The number of oxime groups is 1. The Morgan fingerprint density at radius 3 is 2.59 bits per heavy atom. The summed E-state index contributed by atoms with van der Waals surface area (Å²) in [5, 5.41) is 23.0. The highest BCUT2D eigenvalue weighted by Gasteiger charge is 2.26. The van der Waals surface area contributed by atoms with Gasteiger partial charge in [-0.15, -0.1) is 0 Å². The third kappa shape index (κ3) is 4.26. The standard InChI is InChI=1S/C18H16Cl2N2O5/c19-12-5-4-10(6-13(12)20)8-22-15-3-1-2-14(21-27-9-17(23)24)11(15)7-16(22)18(25)26/h4-7H,1-3,8-9H2,(H,23,24)(H,25,26)/b21-14+. The van der Waals surface area contributed by atoms with Crippen molar-refractivity contribution < 1.29 is 24.6 Å². The predicted octanol–water partition coefficient (Wildman–Crippen LogP) is 3.68. The first-order chi connectivity index (χ1) is 12.9. The van der Waals surface area contributed by atoms with Gasteiger partial charge in [-0.25, -0.2) is 9.59 Å². The van der Waals surface area contributed by atoms with E-state index in [9.17, 15) is 14.7 Å². The van der Waals surface area contributed by atoms with E-state index in [1.54, 1.807) is 28.8 Å². The van der Waals surface area contributed by atoms with Crippen molar-refractivity contribution in [2.45, 2.75) is 25.8 Å². The van der Waals surface area contributed by atoms with Crippen LogP contribution in [-0.4, -0.2) is 39.0 Å². The average Bonchev–Trinajstić information content (AvgIpc) is 2.98. The Morgan fingerprint density at radius 2 is 1.93 bits per heavy atom. The van der Waals surface area contributed by atoms with Crippen molar-refractivity contribution in [2.75, 3.05) is 6.61 Å². The van der Waals surface area contributed by atoms with Gasteiger partial charge in [0, 0.05) is 17.8 Å². The highest BCUT2D eigenvalue weighted by Crippen LogP contribution is 2.28. The number of aromatic nitrogens is 1. The number of aromatic carboxylic acids is 1. The molecule has 9 heteroatoms. The number of carboxylic acids is 2. The van der Waals surface area contributed by atoms with Gasteiger partial charge in [-0.1, -0.05) is 34.4 Å². The fourth-order valence-electron chi connectivity index (χ4n) is 3.10. The van der Waals surface area contributed by atoms with Crippen LogP contribution in [0.4, 0.5) is 0 Å². The molecule has 0 fully saturated rings. The fraction of sp³-hybridized carbons (Fsp3) is 0.278. The second kappa shape index (κ2) is 8.02. The van der Waals surface area contributed by atoms with Crippen molar-refractivity contribution in [2.24, 2.45) is 5.16 Å². The largest absolute Gasteiger partial charge is 0.479 e. The zero-order valence-corrected chi connectivity index (χ0v) is 15.6. The number of halogens is 2. The van der Waals surface area contributed by atoms with Crippen LogP contribution < -0.4 is 0 Å². The maximum Gasteiger partial charge on any atom is 0.352 e.